The van der Waals surface area contributed by atoms with Crippen molar-refractivity contribution in [3.63, 3.8) is 0 Å². The molecule has 0 radical (unpaired) electrons. The van der Waals surface area contributed by atoms with Gasteiger partial charge in [-0.15, -0.1) is 0 Å². The highest BCUT2D eigenvalue weighted by atomic mass is 16.2. The van der Waals surface area contributed by atoms with Gasteiger partial charge in [0.05, 0.1) is 0 Å². The summed E-state index contributed by atoms with van der Waals surface area (Å²) in [7, 11) is 0. The predicted molar refractivity (Wildman–Crippen MR) is 455 cm³/mol. The first-order valence-corrected chi connectivity index (χ1v) is 44.9. The first-order valence-electron chi connectivity index (χ1n) is 44.9. The third-order valence-electron chi connectivity index (χ3n) is 20.5. The maximum Gasteiger partial charge on any atom is 0.242 e. The van der Waals surface area contributed by atoms with Crippen molar-refractivity contribution in [2.24, 2.45) is 40.1 Å². The number of unbranched alkanes of at least 4 members (excludes halogenated alkanes) is 30. The quantitative estimate of drug-likeness (QED) is 0.0278. The van der Waals surface area contributed by atoms with E-state index in [-0.39, 0.29) is 71.4 Å². The summed E-state index contributed by atoms with van der Waals surface area (Å²) < 4.78 is 0. The van der Waals surface area contributed by atoms with Crippen molar-refractivity contribution in [2.45, 2.75) is 390 Å². The number of hydrogen-bond acceptors (Lipinski definition) is 18. The average molecular weight is 1620 g/mol. The lowest BCUT2D eigenvalue weighted by molar-refractivity contribution is -0.129. The van der Waals surface area contributed by atoms with Crippen molar-refractivity contribution in [3.8, 4) is 0 Å². The molecular formula is C84H164N18O12. The van der Waals surface area contributed by atoms with Crippen molar-refractivity contribution in [2.75, 3.05) is 72.0 Å². The first-order chi connectivity index (χ1) is 55.3. The minimum absolute atomic E-state index is 0.0840. The van der Waals surface area contributed by atoms with E-state index in [4.69, 9.17) is 40.1 Å². The highest BCUT2D eigenvalue weighted by Crippen LogP contribution is 2.15. The largest absolute Gasteiger partial charge is 0.368 e. The molecule has 0 aliphatic heterocycles. The summed E-state index contributed by atoms with van der Waals surface area (Å²) in [6.07, 6.45) is 38.9. The van der Waals surface area contributed by atoms with E-state index in [0.29, 0.717) is 207 Å². The fourth-order valence-electron chi connectivity index (χ4n) is 13.5. The first kappa shape index (κ1) is 107. The maximum absolute atomic E-state index is 13.3. The molecule has 0 heterocycles. The monoisotopic (exact) mass is 1620 g/mol. The van der Waals surface area contributed by atoms with Crippen molar-refractivity contribution in [1.82, 2.24) is 58.5 Å². The Morgan fingerprint density at radius 1 is 0.202 bits per heavy atom. The molecule has 0 rings (SSSR count). The number of hydrogen-bond donors (Lipinski definition) is 18. The minimum atomic E-state index is -0.682. The van der Waals surface area contributed by atoms with Gasteiger partial charge in [-0.3, -0.25) is 57.5 Å². The lowest BCUT2D eigenvalue weighted by Gasteiger charge is -2.19. The predicted octanol–water partition coefficient (Wildman–Crippen LogP) is 6.80. The van der Waals surface area contributed by atoms with Crippen molar-refractivity contribution >= 4 is 70.9 Å². The molecule has 30 nitrogen and oxygen atoms in total. The zero-order valence-corrected chi connectivity index (χ0v) is 70.9. The highest BCUT2D eigenvalue weighted by Gasteiger charge is 2.26. The van der Waals surface area contributed by atoms with Gasteiger partial charge in [-0.1, -0.05) is 129 Å². The van der Waals surface area contributed by atoms with Gasteiger partial charge in [0.1, 0.15) is 36.3 Å². The number of carbonyl (C=O) groups is 12. The molecule has 0 fully saturated rings. The van der Waals surface area contributed by atoms with Gasteiger partial charge in [0.25, 0.3) is 0 Å². The molecule has 0 saturated heterocycles. The van der Waals surface area contributed by atoms with E-state index in [9.17, 15) is 57.5 Å². The lowest BCUT2D eigenvalue weighted by atomic mass is 10.1. The zero-order valence-electron chi connectivity index (χ0n) is 70.9. The molecule has 0 bridgehead atoms. The van der Waals surface area contributed by atoms with Gasteiger partial charge in [-0.05, 0) is 225 Å². The fraction of sp³-hybridized carbons (Fsp3) is 0.857. The van der Waals surface area contributed by atoms with E-state index < -0.39 is 42.2 Å². The Kier molecular flexibility index (Phi) is 73.1. The van der Waals surface area contributed by atoms with Crippen LogP contribution in [0.3, 0.4) is 0 Å². The summed E-state index contributed by atoms with van der Waals surface area (Å²) in [5.74, 6) is -2.53. The Morgan fingerprint density at radius 3 is 0.535 bits per heavy atom. The molecule has 0 saturated carbocycles. The van der Waals surface area contributed by atoms with Crippen LogP contribution in [0.1, 0.15) is 354 Å². The van der Waals surface area contributed by atoms with Crippen LogP contribution >= 0.6 is 0 Å². The summed E-state index contributed by atoms with van der Waals surface area (Å²) >= 11 is 0. The van der Waals surface area contributed by atoms with Crippen molar-refractivity contribution in [3.05, 3.63) is 0 Å². The molecule has 25 N–H and O–H groups in total. The Labute approximate surface area is 685 Å². The summed E-state index contributed by atoms with van der Waals surface area (Å²) in [5, 5.41) is 32.4. The van der Waals surface area contributed by atoms with Crippen LogP contribution in [0.15, 0.2) is 0 Å². The van der Waals surface area contributed by atoms with Gasteiger partial charge in [-0.25, -0.2) is 0 Å². The third kappa shape index (κ3) is 64.6. The summed E-state index contributed by atoms with van der Waals surface area (Å²) in [6, 6.07) is -3.85. The van der Waals surface area contributed by atoms with Crippen LogP contribution in [0.2, 0.25) is 0 Å². The van der Waals surface area contributed by atoms with Crippen molar-refractivity contribution < 1.29 is 57.5 Å². The smallest absolute Gasteiger partial charge is 0.242 e. The van der Waals surface area contributed by atoms with Gasteiger partial charge in [0.15, 0.2) is 0 Å². The van der Waals surface area contributed by atoms with Crippen LogP contribution in [0.25, 0.3) is 0 Å². The number of nitrogens with two attached hydrogens (primary N) is 7. The van der Waals surface area contributed by atoms with E-state index in [0.717, 1.165) is 205 Å². The van der Waals surface area contributed by atoms with Crippen LogP contribution in [0.5, 0.6) is 0 Å². The second-order valence-electron chi connectivity index (χ2n) is 31.0. The Morgan fingerprint density at radius 2 is 0.360 bits per heavy atom. The SMILES string of the molecule is CCCCCCCC(=O)N[C@@H](CCCCN)C(=O)NCCCCCCCC(=O)N[C@@H](CCCCN)C(=O)NCCCCCCCC(=O)N[C@@H](CCCCN)C(=O)NCCCCCCCC(=O)N[C@@H](CCCCN)C(=O)NCCCCCCCC(=O)N[C@@H](CCCCN)C(=O)NCCCCCCCC(=O)N[C@@H](CCCCN)C(N)=O. The van der Waals surface area contributed by atoms with Gasteiger partial charge in [0.2, 0.25) is 70.9 Å². The van der Waals surface area contributed by atoms with Crippen LogP contribution in [0.4, 0.5) is 0 Å². The van der Waals surface area contributed by atoms with Gasteiger partial charge in [0, 0.05) is 71.2 Å². The Balaban J connectivity index is 4.62. The summed E-state index contributed by atoms with van der Waals surface area (Å²) in [5.41, 5.74) is 39.6. The van der Waals surface area contributed by atoms with E-state index in [1.165, 1.54) is 0 Å². The highest BCUT2D eigenvalue weighted by molar-refractivity contribution is 5.90. The minimum Gasteiger partial charge on any atom is -0.368 e. The number of primary amides is 1. The van der Waals surface area contributed by atoms with Crippen LogP contribution in [-0.4, -0.2) is 179 Å². The normalized spacial score (nSPS) is 12.8. The second kappa shape index (κ2) is 77.6. The molecule has 0 aromatic heterocycles. The molecule has 662 valence electrons. The zero-order chi connectivity index (χ0) is 84.1. The second-order valence-corrected chi connectivity index (χ2v) is 31.0. The number of rotatable bonds is 82. The molecule has 0 aliphatic rings. The van der Waals surface area contributed by atoms with Crippen LogP contribution in [-0.2, 0) is 57.5 Å². The van der Waals surface area contributed by atoms with Crippen LogP contribution < -0.4 is 98.6 Å². The van der Waals surface area contributed by atoms with Crippen LogP contribution in [0, 0.1) is 0 Å². The molecule has 0 spiro atoms. The molecule has 114 heavy (non-hydrogen) atoms. The van der Waals surface area contributed by atoms with E-state index in [1.54, 1.807) is 0 Å². The lowest BCUT2D eigenvalue weighted by Crippen LogP contribution is -2.47. The Hall–Kier alpha value is -6.60. The molecule has 12 amide bonds. The number of amides is 12. The van der Waals surface area contributed by atoms with Gasteiger partial charge < -0.3 is 98.6 Å². The summed E-state index contributed by atoms with van der Waals surface area (Å²) in [6.45, 7) is 7.56. The molecule has 0 aromatic carbocycles. The van der Waals surface area contributed by atoms with E-state index in [1.807, 2.05) is 0 Å². The molecule has 0 aliphatic carbocycles. The number of carbonyl (C=O) groups excluding carboxylic acids is 12. The molecule has 6 atom stereocenters. The standard InChI is InChI=1S/C84H164N18O12/c1-2-3-4-10-21-51-74(104)98-68(45-28-34-57-86)80(110)92-63-40-17-6-12-23-53-76(106)100-70(47-30-36-59-88)82(112)94-65-42-19-8-14-25-55-78(108)102-72(49-32-38-61-90)84(114)96-66-43-20-9-15-26-54-77(107)101-71(48-31-37-60-89)83(113)95-64-41-18-7-13-24-52-75(105)99-69(46-29-35-58-87)81(111)93-62-39-16-5-11-22-50-73(103)97-67(79(91)109)44-27-33-56-85/h67-72H,2-66,85-90H2,1H3,(H2,91,109)(H,92,110)(H,93,111)(H,94,112)(H,95,113)(H,96,114)(H,97,103)(H,98,104)(H,99,105)(H,100,106)(H,101,107)(H,102,108)/t67-,68-,69-,70-,71-,72-/m0/s1. The Bertz CT molecular complexity index is 2520. The van der Waals surface area contributed by atoms with Gasteiger partial charge in [-0.2, -0.15) is 0 Å². The van der Waals surface area contributed by atoms with Crippen molar-refractivity contribution in [1.29, 1.82) is 0 Å². The fourth-order valence-corrected chi connectivity index (χ4v) is 13.5. The summed E-state index contributed by atoms with van der Waals surface area (Å²) in [4.78, 5) is 155. The van der Waals surface area contributed by atoms with E-state index in [2.05, 4.69) is 65.4 Å². The number of nitrogens with one attached hydrogen (secondary N) is 11. The maximum atomic E-state index is 13.3. The molecule has 30 heteroatoms. The third-order valence-corrected chi connectivity index (χ3v) is 20.5. The average Bonchev–Trinajstić information content (AvgIpc) is 0.952. The molecular weight excluding hydrogens is 1450 g/mol. The molecule has 0 aromatic rings. The molecule has 0 unspecified atom stereocenters. The van der Waals surface area contributed by atoms with E-state index >= 15 is 0 Å². The topological polar surface area (TPSA) is 519 Å². The van der Waals surface area contributed by atoms with Gasteiger partial charge >= 0.3 is 0 Å².